The Kier molecular flexibility index (Phi) is 7.23. The fraction of sp³-hybridized carbons (Fsp3) is 0.474. The molecule has 8 heteroatoms. The van der Waals surface area contributed by atoms with Crippen LogP contribution in [0.2, 0.25) is 0 Å². The Labute approximate surface area is 167 Å². The van der Waals surface area contributed by atoms with Crippen LogP contribution < -0.4 is 5.32 Å². The number of hydrogen-bond donors (Lipinski definition) is 1. The van der Waals surface area contributed by atoms with E-state index < -0.39 is 0 Å². The SMILES string of the molecule is Cc1nnsc1C(=O)N1CCC(CNC(=O)CCSc2ccccc2)CC1. The molecule has 1 saturated heterocycles. The van der Waals surface area contributed by atoms with Crippen molar-refractivity contribution in [3.8, 4) is 0 Å². The fourth-order valence-corrected chi connectivity index (χ4v) is 4.53. The number of nitrogens with zero attached hydrogens (tertiary/aromatic N) is 3. The number of carbonyl (C=O) groups excluding carboxylic acids is 2. The van der Waals surface area contributed by atoms with Crippen LogP contribution in [-0.2, 0) is 4.79 Å². The summed E-state index contributed by atoms with van der Waals surface area (Å²) in [4.78, 5) is 28.2. The maximum atomic E-state index is 12.5. The Morgan fingerprint density at radius 2 is 2.00 bits per heavy atom. The molecule has 0 saturated carbocycles. The second-order valence-corrected chi connectivity index (χ2v) is 8.56. The molecule has 1 aromatic heterocycles. The molecule has 0 aliphatic carbocycles. The molecular weight excluding hydrogens is 380 g/mol. The first kappa shape index (κ1) is 19.8. The molecule has 0 atom stereocenters. The van der Waals surface area contributed by atoms with Crippen LogP contribution in [0, 0.1) is 12.8 Å². The van der Waals surface area contributed by atoms with Gasteiger partial charge in [0.1, 0.15) is 4.88 Å². The van der Waals surface area contributed by atoms with Crippen LogP contribution in [0.25, 0.3) is 0 Å². The van der Waals surface area contributed by atoms with Gasteiger partial charge in [-0.3, -0.25) is 9.59 Å². The zero-order valence-electron chi connectivity index (χ0n) is 15.4. The van der Waals surface area contributed by atoms with Crippen molar-refractivity contribution >= 4 is 35.1 Å². The Hall–Kier alpha value is -1.93. The summed E-state index contributed by atoms with van der Waals surface area (Å²) in [5, 5.41) is 6.96. The first-order valence-corrected chi connectivity index (χ1v) is 10.9. The molecule has 2 amide bonds. The smallest absolute Gasteiger partial charge is 0.267 e. The Balaban J connectivity index is 1.33. The predicted octanol–water partition coefficient (Wildman–Crippen LogP) is 3.00. The molecule has 0 spiro atoms. The number of nitrogens with one attached hydrogen (secondary N) is 1. The minimum Gasteiger partial charge on any atom is -0.356 e. The van der Waals surface area contributed by atoms with Gasteiger partial charge in [-0.25, -0.2) is 0 Å². The fourth-order valence-electron chi connectivity index (χ4n) is 3.04. The Bertz CT molecular complexity index is 758. The van der Waals surface area contributed by atoms with E-state index in [-0.39, 0.29) is 11.8 Å². The van der Waals surface area contributed by atoms with Gasteiger partial charge in [0, 0.05) is 36.7 Å². The van der Waals surface area contributed by atoms with Crippen molar-refractivity contribution in [3.05, 3.63) is 40.9 Å². The second-order valence-electron chi connectivity index (χ2n) is 6.64. The maximum Gasteiger partial charge on any atom is 0.267 e. The molecule has 1 fully saturated rings. The number of amides is 2. The quantitative estimate of drug-likeness (QED) is 0.718. The number of aryl methyl sites for hydroxylation is 1. The van der Waals surface area contributed by atoms with E-state index in [1.54, 1.807) is 11.8 Å². The molecule has 1 aliphatic rings. The highest BCUT2D eigenvalue weighted by Gasteiger charge is 2.26. The molecule has 1 aromatic carbocycles. The van der Waals surface area contributed by atoms with Crippen molar-refractivity contribution in [1.82, 2.24) is 19.8 Å². The van der Waals surface area contributed by atoms with E-state index in [0.29, 0.717) is 29.5 Å². The third-order valence-electron chi connectivity index (χ3n) is 4.68. The van der Waals surface area contributed by atoms with Crippen molar-refractivity contribution in [3.63, 3.8) is 0 Å². The summed E-state index contributed by atoms with van der Waals surface area (Å²) in [6, 6.07) is 10.1. The summed E-state index contributed by atoms with van der Waals surface area (Å²) in [5.74, 6) is 1.34. The van der Waals surface area contributed by atoms with E-state index in [0.717, 1.165) is 43.2 Å². The highest BCUT2D eigenvalue weighted by atomic mass is 32.2. The minimum atomic E-state index is 0.0305. The number of hydrogen-bond acceptors (Lipinski definition) is 6. The molecule has 0 radical (unpaired) electrons. The third kappa shape index (κ3) is 5.77. The molecule has 1 N–H and O–H groups in total. The first-order valence-electron chi connectivity index (χ1n) is 9.16. The van der Waals surface area contributed by atoms with Gasteiger partial charge < -0.3 is 10.2 Å². The van der Waals surface area contributed by atoms with Crippen molar-refractivity contribution in [1.29, 1.82) is 0 Å². The summed E-state index contributed by atoms with van der Waals surface area (Å²) < 4.78 is 3.84. The van der Waals surface area contributed by atoms with Gasteiger partial charge in [-0.2, -0.15) is 0 Å². The van der Waals surface area contributed by atoms with Crippen LogP contribution in [0.5, 0.6) is 0 Å². The van der Waals surface area contributed by atoms with E-state index in [2.05, 4.69) is 27.0 Å². The van der Waals surface area contributed by atoms with E-state index in [4.69, 9.17) is 0 Å². The predicted molar refractivity (Wildman–Crippen MR) is 108 cm³/mol. The van der Waals surface area contributed by atoms with E-state index >= 15 is 0 Å². The monoisotopic (exact) mass is 404 g/mol. The average Bonchev–Trinajstić information content (AvgIpc) is 3.13. The summed E-state index contributed by atoms with van der Waals surface area (Å²) in [5.41, 5.74) is 0.702. The van der Waals surface area contributed by atoms with Crippen molar-refractivity contribution < 1.29 is 9.59 Å². The van der Waals surface area contributed by atoms with Gasteiger partial charge in [0.15, 0.2) is 0 Å². The van der Waals surface area contributed by atoms with Gasteiger partial charge in [-0.15, -0.1) is 16.9 Å². The molecule has 0 unspecified atom stereocenters. The molecule has 27 heavy (non-hydrogen) atoms. The number of carbonyl (C=O) groups is 2. The van der Waals surface area contributed by atoms with Crippen LogP contribution in [0.3, 0.4) is 0 Å². The minimum absolute atomic E-state index is 0.0305. The molecule has 2 heterocycles. The maximum absolute atomic E-state index is 12.5. The first-order chi connectivity index (χ1) is 13.1. The van der Waals surface area contributed by atoms with Crippen LogP contribution in [0.4, 0.5) is 0 Å². The van der Waals surface area contributed by atoms with E-state index in [9.17, 15) is 9.59 Å². The lowest BCUT2D eigenvalue weighted by Crippen LogP contribution is -2.41. The number of aromatic nitrogens is 2. The standard InChI is InChI=1S/C19H24N4O2S2/c1-14-18(27-22-21-14)19(25)23-10-7-15(8-11-23)13-20-17(24)9-12-26-16-5-3-2-4-6-16/h2-6,15H,7-13H2,1H3,(H,20,24). The Morgan fingerprint density at radius 3 is 2.67 bits per heavy atom. The van der Waals surface area contributed by atoms with Crippen LogP contribution in [0.1, 0.15) is 34.6 Å². The van der Waals surface area contributed by atoms with Crippen LogP contribution in [0.15, 0.2) is 35.2 Å². The lowest BCUT2D eigenvalue weighted by atomic mass is 9.96. The summed E-state index contributed by atoms with van der Waals surface area (Å²) in [6.45, 7) is 3.95. The lowest BCUT2D eigenvalue weighted by Gasteiger charge is -2.31. The number of rotatable bonds is 7. The Morgan fingerprint density at radius 1 is 1.26 bits per heavy atom. The number of likely N-dealkylation sites (tertiary alicyclic amines) is 1. The number of benzene rings is 1. The molecule has 6 nitrogen and oxygen atoms in total. The molecule has 3 rings (SSSR count). The van der Waals surface area contributed by atoms with E-state index in [1.807, 2.05) is 30.0 Å². The van der Waals surface area contributed by atoms with Crippen molar-refractivity contribution in [2.24, 2.45) is 5.92 Å². The zero-order valence-corrected chi connectivity index (χ0v) is 17.0. The summed E-state index contributed by atoms with van der Waals surface area (Å²) in [7, 11) is 0. The van der Waals surface area contributed by atoms with Gasteiger partial charge in [0.05, 0.1) is 5.69 Å². The molecule has 1 aliphatic heterocycles. The highest BCUT2D eigenvalue weighted by Crippen LogP contribution is 2.21. The van der Waals surface area contributed by atoms with Gasteiger partial charge in [0.25, 0.3) is 5.91 Å². The molecular formula is C19H24N4O2S2. The van der Waals surface area contributed by atoms with Gasteiger partial charge in [0.2, 0.25) is 5.91 Å². The summed E-state index contributed by atoms with van der Waals surface area (Å²) in [6.07, 6.45) is 2.35. The van der Waals surface area contributed by atoms with Crippen molar-refractivity contribution in [2.75, 3.05) is 25.4 Å². The molecule has 0 bridgehead atoms. The molecule has 144 valence electrons. The van der Waals surface area contributed by atoms with Gasteiger partial charge in [-0.05, 0) is 49.3 Å². The number of piperidine rings is 1. The molecule has 2 aromatic rings. The van der Waals surface area contributed by atoms with Crippen molar-refractivity contribution in [2.45, 2.75) is 31.1 Å². The van der Waals surface area contributed by atoms with Crippen LogP contribution in [-0.4, -0.2) is 51.7 Å². The van der Waals surface area contributed by atoms with Crippen LogP contribution >= 0.6 is 23.3 Å². The zero-order chi connectivity index (χ0) is 19.1. The van der Waals surface area contributed by atoms with Gasteiger partial charge in [-0.1, -0.05) is 22.7 Å². The highest BCUT2D eigenvalue weighted by molar-refractivity contribution is 7.99. The largest absolute Gasteiger partial charge is 0.356 e. The number of thioether (sulfide) groups is 1. The normalized spacial score (nSPS) is 14.9. The second kappa shape index (κ2) is 9.85. The van der Waals surface area contributed by atoms with Gasteiger partial charge >= 0.3 is 0 Å². The van der Waals surface area contributed by atoms with E-state index in [1.165, 1.54) is 4.90 Å². The summed E-state index contributed by atoms with van der Waals surface area (Å²) >= 11 is 2.86. The average molecular weight is 405 g/mol. The lowest BCUT2D eigenvalue weighted by molar-refractivity contribution is -0.120. The third-order valence-corrected chi connectivity index (χ3v) is 6.51. The topological polar surface area (TPSA) is 75.2 Å².